The van der Waals surface area contributed by atoms with Crippen LogP contribution in [0.2, 0.25) is 62.7 Å². The maximum absolute atomic E-state index is 7.10. The molecule has 2 aromatic rings. The monoisotopic (exact) mass is 721 g/mol. The van der Waals surface area contributed by atoms with Crippen molar-refractivity contribution in [2.24, 2.45) is 0 Å². The van der Waals surface area contributed by atoms with Gasteiger partial charge in [0.25, 0.3) is 0 Å². The zero-order chi connectivity index (χ0) is 29.7. The van der Waals surface area contributed by atoms with Crippen molar-refractivity contribution in [3.05, 3.63) is 95.3 Å². The molecule has 2 unspecified atom stereocenters. The summed E-state index contributed by atoms with van der Waals surface area (Å²) in [6.45, 7) is 24.4. The van der Waals surface area contributed by atoms with Crippen molar-refractivity contribution in [1.29, 1.82) is 0 Å². The number of halogens is 2. The van der Waals surface area contributed by atoms with Crippen LogP contribution in [0.3, 0.4) is 0 Å². The Morgan fingerprint density at radius 2 is 1.02 bits per heavy atom. The number of hydrogen-bond acceptors (Lipinski definition) is 0. The molecular formula is C33H53Cl2Si4Zr. The summed E-state index contributed by atoms with van der Waals surface area (Å²) in [5.41, 5.74) is 0. The van der Waals surface area contributed by atoms with Crippen molar-refractivity contribution < 1.29 is 26.2 Å². The van der Waals surface area contributed by atoms with E-state index in [1.807, 2.05) is 60.7 Å². The summed E-state index contributed by atoms with van der Waals surface area (Å²) in [6.07, 6.45) is 12.4. The van der Waals surface area contributed by atoms with Crippen LogP contribution in [0.15, 0.2) is 77.1 Å². The Labute approximate surface area is 281 Å². The number of hydrogen-bond donors (Lipinski definition) is 0. The van der Waals surface area contributed by atoms with Gasteiger partial charge in [-0.3, -0.25) is 6.08 Å². The molecule has 0 saturated heterocycles. The third kappa shape index (κ3) is 12.9. The van der Waals surface area contributed by atoms with E-state index in [1.165, 1.54) is 25.7 Å². The molecule has 0 fully saturated rings. The van der Waals surface area contributed by atoms with Crippen molar-refractivity contribution in [3.8, 4) is 0 Å². The van der Waals surface area contributed by atoms with E-state index in [2.05, 4.69) is 90.5 Å². The molecule has 2 aromatic carbocycles. The summed E-state index contributed by atoms with van der Waals surface area (Å²) in [5.74, 6) is 0. The van der Waals surface area contributed by atoms with Gasteiger partial charge in [-0.2, -0.15) is 101 Å². The molecule has 3 rings (SSSR count). The Balaban J connectivity index is 0.000000948. The molecule has 0 aromatic heterocycles. The van der Waals surface area contributed by atoms with Crippen LogP contribution in [0.5, 0.6) is 0 Å². The molecule has 40 heavy (non-hydrogen) atoms. The number of benzene rings is 2. The first-order valence-corrected chi connectivity index (χ1v) is 29.0. The molecule has 7 heteroatoms. The van der Waals surface area contributed by atoms with Crippen LogP contribution in [0, 0.1) is 18.2 Å². The maximum atomic E-state index is 7.10. The SMILES string of the molecule is CCCC([Si](C)(C)Cl)[Si](C)(C)C1=[C-]CC=C1[Si](C)(C)C(CCC)[Si](C)(C)Cl.[Zr+3].[c-]1ccccc1.[c-]1ccccc1. The van der Waals surface area contributed by atoms with Crippen molar-refractivity contribution in [2.75, 3.05) is 0 Å². The average Bonchev–Trinajstić information content (AvgIpc) is 3.39. The topological polar surface area (TPSA) is 0 Å². The number of rotatable bonds is 10. The van der Waals surface area contributed by atoms with Crippen molar-refractivity contribution in [3.63, 3.8) is 0 Å². The fourth-order valence-corrected chi connectivity index (χ4v) is 35.9. The van der Waals surface area contributed by atoms with E-state index in [-0.39, 0.29) is 26.2 Å². The van der Waals surface area contributed by atoms with Crippen LogP contribution in [-0.2, 0) is 26.2 Å². The second kappa shape index (κ2) is 18.8. The van der Waals surface area contributed by atoms with Crippen LogP contribution in [0.4, 0.5) is 0 Å². The summed E-state index contributed by atoms with van der Waals surface area (Å²) in [7, 11) is -6.80. The van der Waals surface area contributed by atoms with Gasteiger partial charge >= 0.3 is 26.2 Å². The molecule has 0 saturated carbocycles. The standard InChI is InChI=1S/C21H43Cl2Si4.2C6H5.Zr/c1-11-14-20(26(7,8)22)24(3,4)18-16-13-17-19(18)25(5,6)21(15-12-2)27(9,10)23;2*1-2-4-6-5-3-1;/h16,20-21H,11-15H2,1-10H3;2*1-5H;/q3*-1;+3. The van der Waals surface area contributed by atoms with Crippen molar-refractivity contribution in [1.82, 2.24) is 0 Å². The Kier molecular flexibility index (Phi) is 18.9. The first-order valence-electron chi connectivity index (χ1n) is 14.6. The molecule has 0 heterocycles. The van der Waals surface area contributed by atoms with Gasteiger partial charge in [0.15, 0.2) is 7.38 Å². The van der Waals surface area contributed by atoms with Gasteiger partial charge in [-0.05, 0) is 18.4 Å². The molecule has 0 aliphatic heterocycles. The van der Waals surface area contributed by atoms with Crippen LogP contribution in [-0.4, -0.2) is 30.9 Å². The molecule has 219 valence electrons. The number of allylic oxidation sites excluding steroid dienone is 4. The van der Waals surface area contributed by atoms with Gasteiger partial charge in [0.1, 0.15) is 7.38 Å². The predicted molar refractivity (Wildman–Crippen MR) is 189 cm³/mol. The fraction of sp³-hybridized carbons (Fsp3) is 0.515. The minimum absolute atomic E-state index is 0. The Morgan fingerprint density at radius 3 is 1.30 bits per heavy atom. The second-order valence-corrected chi connectivity index (χ2v) is 36.8. The van der Waals surface area contributed by atoms with E-state index in [0.717, 1.165) is 6.42 Å². The summed E-state index contributed by atoms with van der Waals surface area (Å²) < 4.78 is 0. The summed E-state index contributed by atoms with van der Waals surface area (Å²) in [5, 5.41) is 4.76. The Morgan fingerprint density at radius 1 is 0.650 bits per heavy atom. The molecule has 1 aliphatic carbocycles. The van der Waals surface area contributed by atoms with E-state index in [9.17, 15) is 0 Å². The summed E-state index contributed by atoms with van der Waals surface area (Å²) in [4.78, 5) is 0. The van der Waals surface area contributed by atoms with Crippen LogP contribution in [0.1, 0.15) is 46.0 Å². The fourth-order valence-electron chi connectivity index (χ4n) is 6.36. The Bertz CT molecular complexity index is 860. The molecule has 0 amide bonds. The average molecular weight is 724 g/mol. The summed E-state index contributed by atoms with van der Waals surface area (Å²) >= 11 is 14.2. The molecule has 1 aliphatic rings. The van der Waals surface area contributed by atoms with E-state index < -0.39 is 30.9 Å². The Hall–Kier alpha value is 0.251. The normalized spacial score (nSPS) is 15.2. The van der Waals surface area contributed by atoms with Crippen molar-refractivity contribution >= 4 is 53.1 Å². The minimum atomic E-state index is -1.73. The molecule has 0 nitrogen and oxygen atoms in total. The van der Waals surface area contributed by atoms with Gasteiger partial charge in [0, 0.05) is 8.07 Å². The predicted octanol–water partition coefficient (Wildman–Crippen LogP) is 11.8. The third-order valence-corrected chi connectivity index (χ3v) is 31.1. The molecular weight excluding hydrogens is 671 g/mol. The maximum Gasteiger partial charge on any atom is 3.00 e. The van der Waals surface area contributed by atoms with Crippen molar-refractivity contribution in [2.45, 2.75) is 109 Å². The van der Waals surface area contributed by atoms with Crippen LogP contribution < -0.4 is 0 Å². The van der Waals surface area contributed by atoms with E-state index >= 15 is 0 Å². The summed E-state index contributed by atoms with van der Waals surface area (Å²) in [6, 6.07) is 25.0. The van der Waals surface area contributed by atoms with Gasteiger partial charge in [0.2, 0.25) is 0 Å². The first kappa shape index (κ1) is 40.3. The van der Waals surface area contributed by atoms with Crippen LogP contribution >= 0.6 is 22.2 Å². The van der Waals surface area contributed by atoms with Gasteiger partial charge in [-0.15, -0.1) is 6.42 Å². The van der Waals surface area contributed by atoms with E-state index in [0.29, 0.717) is 10.3 Å². The quantitative estimate of drug-likeness (QED) is 0.130. The van der Waals surface area contributed by atoms with Gasteiger partial charge in [-0.25, -0.2) is 10.4 Å². The van der Waals surface area contributed by atoms with E-state index in [1.54, 1.807) is 10.4 Å². The van der Waals surface area contributed by atoms with Crippen LogP contribution in [0.25, 0.3) is 0 Å². The molecule has 2 atom stereocenters. The molecule has 0 spiro atoms. The zero-order valence-corrected chi connectivity index (χ0v) is 34.8. The third-order valence-electron chi connectivity index (χ3n) is 7.96. The van der Waals surface area contributed by atoms with E-state index in [4.69, 9.17) is 22.2 Å². The van der Waals surface area contributed by atoms with Gasteiger partial charge in [-0.1, -0.05) is 91.9 Å². The first-order chi connectivity index (χ1) is 18.1. The molecule has 0 N–H and O–H groups in total. The largest absolute Gasteiger partial charge is 3.00 e. The zero-order valence-electron chi connectivity index (χ0n) is 26.8. The molecule has 1 radical (unpaired) electrons. The smallest absolute Gasteiger partial charge is 0.273 e. The van der Waals surface area contributed by atoms with Gasteiger partial charge in [0.05, 0.1) is 0 Å². The van der Waals surface area contributed by atoms with Gasteiger partial charge < -0.3 is 0 Å². The second-order valence-electron chi connectivity index (χ2n) is 12.8. The molecule has 0 bridgehead atoms. The minimum Gasteiger partial charge on any atom is -0.273 e.